The monoisotopic (exact) mass is 432 g/mol. The number of nitrogens with one attached hydrogen (secondary N) is 3. The predicted octanol–water partition coefficient (Wildman–Crippen LogP) is -1.51. The molecule has 12 heteroatoms. The zero-order valence-electron chi connectivity index (χ0n) is 16.8. The number of carbonyl (C=O) groups is 2. The molecule has 0 aliphatic carbocycles. The number of aliphatic hydroxyl groups is 1. The van der Waals surface area contributed by atoms with Gasteiger partial charge in [-0.05, 0) is 32.1 Å². The second-order valence-electron chi connectivity index (χ2n) is 7.55. The molecule has 2 amide bonds. The van der Waals surface area contributed by atoms with Crippen molar-refractivity contribution in [2.75, 3.05) is 25.4 Å². The van der Waals surface area contributed by atoms with Gasteiger partial charge in [0.05, 0.1) is 18.3 Å². The molecule has 2 aliphatic rings. The zero-order valence-corrected chi connectivity index (χ0v) is 17.6. The lowest BCUT2D eigenvalue weighted by Crippen LogP contribution is -2.60. The maximum absolute atomic E-state index is 12.6. The summed E-state index contributed by atoms with van der Waals surface area (Å²) in [5.41, 5.74) is 5.44. The lowest BCUT2D eigenvalue weighted by molar-refractivity contribution is -0.140. The lowest BCUT2D eigenvalue weighted by Gasteiger charge is -2.39. The second-order valence-corrected chi connectivity index (χ2v) is 9.43. The largest absolute Gasteiger partial charge is 0.371 e. The average Bonchev–Trinajstić information content (AvgIpc) is 2.64. The van der Waals surface area contributed by atoms with Crippen molar-refractivity contribution >= 4 is 27.8 Å². The first-order valence-corrected chi connectivity index (χ1v) is 11.7. The fraction of sp³-hybridized carbons (Fsp3) is 0.824. The number of hydrogen-bond acceptors (Lipinski definition) is 6. The van der Waals surface area contributed by atoms with Crippen LogP contribution in [0.25, 0.3) is 0 Å². The topological polar surface area (TPSA) is 169 Å². The number of piperidine rings is 2. The number of aliphatic hydroxyl groups excluding tert-OH is 1. The number of nitrogens with zero attached hydrogens (tertiary/aromatic N) is 2. The Morgan fingerprint density at radius 1 is 1.31 bits per heavy atom. The molecule has 3 atom stereocenters. The van der Waals surface area contributed by atoms with E-state index in [9.17, 15) is 23.1 Å². The molecule has 0 aromatic heterocycles. The van der Waals surface area contributed by atoms with Gasteiger partial charge in [-0.2, -0.15) is 0 Å². The lowest BCUT2D eigenvalue weighted by atomic mass is 10.0. The van der Waals surface area contributed by atoms with Gasteiger partial charge in [-0.15, -0.1) is 0 Å². The van der Waals surface area contributed by atoms with Gasteiger partial charge in [0.15, 0.2) is 5.96 Å². The first-order valence-electron chi connectivity index (χ1n) is 10.0. The minimum absolute atomic E-state index is 0.0278. The van der Waals surface area contributed by atoms with Crippen LogP contribution in [0.3, 0.4) is 0 Å². The SMILES string of the molecule is CCCCS(=O)(=O)N[C@H]1CCCN(CC(=O)N[C@H]2CCCN(C(=N)N)C2O)C1=O. The Labute approximate surface area is 171 Å². The van der Waals surface area contributed by atoms with Gasteiger partial charge in [-0.25, -0.2) is 13.1 Å². The van der Waals surface area contributed by atoms with Crippen LogP contribution < -0.4 is 15.8 Å². The van der Waals surface area contributed by atoms with Gasteiger partial charge in [0, 0.05) is 13.1 Å². The third kappa shape index (κ3) is 6.54. The van der Waals surface area contributed by atoms with Crippen molar-refractivity contribution < 1.29 is 23.1 Å². The molecular formula is C17H32N6O5S. The number of nitrogens with two attached hydrogens (primary N) is 1. The molecule has 2 rings (SSSR count). The Bertz CT molecular complexity index is 715. The van der Waals surface area contributed by atoms with Crippen LogP contribution in [0.5, 0.6) is 0 Å². The summed E-state index contributed by atoms with van der Waals surface area (Å²) >= 11 is 0. The number of sulfonamides is 1. The third-order valence-corrected chi connectivity index (χ3v) is 6.67. The average molecular weight is 433 g/mol. The normalized spacial score (nSPS) is 25.7. The van der Waals surface area contributed by atoms with Crippen LogP contribution in [0.15, 0.2) is 0 Å². The Morgan fingerprint density at radius 3 is 2.66 bits per heavy atom. The van der Waals surface area contributed by atoms with Gasteiger partial charge in [-0.1, -0.05) is 13.3 Å². The van der Waals surface area contributed by atoms with Crippen molar-refractivity contribution in [3.05, 3.63) is 0 Å². The van der Waals surface area contributed by atoms with E-state index in [-0.39, 0.29) is 18.3 Å². The van der Waals surface area contributed by atoms with E-state index in [0.29, 0.717) is 45.2 Å². The molecule has 2 fully saturated rings. The summed E-state index contributed by atoms with van der Waals surface area (Å²) in [6, 6.07) is -1.45. The summed E-state index contributed by atoms with van der Waals surface area (Å²) in [5.74, 6) is -1.15. The Kier molecular flexibility index (Phi) is 8.23. The van der Waals surface area contributed by atoms with Crippen LogP contribution in [0, 0.1) is 5.41 Å². The van der Waals surface area contributed by atoms with Crippen LogP contribution in [0.2, 0.25) is 0 Å². The van der Waals surface area contributed by atoms with Crippen molar-refractivity contribution in [1.29, 1.82) is 5.41 Å². The van der Waals surface area contributed by atoms with Crippen molar-refractivity contribution in [1.82, 2.24) is 19.8 Å². The summed E-state index contributed by atoms with van der Waals surface area (Å²) in [4.78, 5) is 27.7. The maximum atomic E-state index is 12.6. The Morgan fingerprint density at radius 2 is 2.00 bits per heavy atom. The van der Waals surface area contributed by atoms with Crippen molar-refractivity contribution in [3.63, 3.8) is 0 Å². The highest BCUT2D eigenvalue weighted by atomic mass is 32.2. The number of hydrogen-bond donors (Lipinski definition) is 5. The predicted molar refractivity (Wildman–Crippen MR) is 107 cm³/mol. The molecule has 166 valence electrons. The van der Waals surface area contributed by atoms with E-state index < -0.39 is 40.1 Å². The molecule has 2 heterocycles. The van der Waals surface area contributed by atoms with Crippen LogP contribution in [0.4, 0.5) is 0 Å². The molecule has 2 aliphatic heterocycles. The molecule has 0 radical (unpaired) electrons. The van der Waals surface area contributed by atoms with E-state index in [1.807, 2.05) is 6.92 Å². The van der Waals surface area contributed by atoms with Gasteiger partial charge in [0.1, 0.15) is 12.3 Å². The van der Waals surface area contributed by atoms with Gasteiger partial charge in [-0.3, -0.25) is 15.0 Å². The minimum atomic E-state index is -3.54. The molecule has 0 aromatic carbocycles. The zero-order chi connectivity index (χ0) is 21.6. The Balaban J connectivity index is 1.91. The highest BCUT2D eigenvalue weighted by molar-refractivity contribution is 7.89. The molecule has 0 aromatic rings. The number of unbranched alkanes of at least 4 members (excludes halogenated alkanes) is 1. The van der Waals surface area contributed by atoms with E-state index in [2.05, 4.69) is 10.0 Å². The number of amides is 2. The van der Waals surface area contributed by atoms with Crippen LogP contribution in [-0.4, -0.2) is 84.8 Å². The third-order valence-electron chi connectivity index (χ3n) is 5.20. The van der Waals surface area contributed by atoms with Crippen molar-refractivity contribution in [2.24, 2.45) is 5.73 Å². The van der Waals surface area contributed by atoms with Gasteiger partial charge >= 0.3 is 0 Å². The van der Waals surface area contributed by atoms with E-state index in [1.165, 1.54) is 9.80 Å². The highest BCUT2D eigenvalue weighted by Crippen LogP contribution is 2.16. The number of likely N-dealkylation sites (tertiary alicyclic amines) is 2. The van der Waals surface area contributed by atoms with Gasteiger partial charge in [0.25, 0.3) is 0 Å². The standard InChI is InChI=1S/C17H32N6O5S/c1-2-3-10-29(27,28)21-13-7-4-8-22(15(13)25)11-14(24)20-12-6-5-9-23(16(12)26)17(18)19/h12-13,16,21,26H,2-11H2,1H3,(H3,18,19)(H,20,24)/t12-,13-,16?/m0/s1. The summed E-state index contributed by atoms with van der Waals surface area (Å²) in [7, 11) is -3.54. The van der Waals surface area contributed by atoms with E-state index in [1.54, 1.807) is 0 Å². The smallest absolute Gasteiger partial charge is 0.241 e. The Hall–Kier alpha value is -1.92. The first kappa shape index (κ1) is 23.4. The van der Waals surface area contributed by atoms with E-state index >= 15 is 0 Å². The molecule has 11 nitrogen and oxygen atoms in total. The van der Waals surface area contributed by atoms with Crippen LogP contribution in [-0.2, 0) is 19.6 Å². The molecule has 0 saturated carbocycles. The number of guanidine groups is 1. The fourth-order valence-electron chi connectivity index (χ4n) is 3.63. The second kappa shape index (κ2) is 10.2. The van der Waals surface area contributed by atoms with E-state index in [4.69, 9.17) is 11.1 Å². The molecule has 6 N–H and O–H groups in total. The highest BCUT2D eigenvalue weighted by Gasteiger charge is 2.35. The van der Waals surface area contributed by atoms with Crippen LogP contribution in [0.1, 0.15) is 45.4 Å². The minimum Gasteiger partial charge on any atom is -0.371 e. The summed E-state index contributed by atoms with van der Waals surface area (Å²) < 4.78 is 26.6. The molecule has 2 saturated heterocycles. The summed E-state index contributed by atoms with van der Waals surface area (Å²) in [6.45, 7) is 2.48. The van der Waals surface area contributed by atoms with Crippen molar-refractivity contribution in [2.45, 2.75) is 63.8 Å². The molecule has 29 heavy (non-hydrogen) atoms. The molecule has 0 bridgehead atoms. The first-order chi connectivity index (χ1) is 13.6. The number of carbonyl (C=O) groups excluding carboxylic acids is 2. The molecule has 0 spiro atoms. The summed E-state index contributed by atoms with van der Waals surface area (Å²) in [5, 5.41) is 20.5. The quantitative estimate of drug-likeness (QED) is 0.229. The molecular weight excluding hydrogens is 400 g/mol. The number of rotatable bonds is 8. The molecule has 1 unspecified atom stereocenters. The van der Waals surface area contributed by atoms with Crippen molar-refractivity contribution in [3.8, 4) is 0 Å². The van der Waals surface area contributed by atoms with E-state index in [0.717, 1.165) is 6.42 Å². The van der Waals surface area contributed by atoms with Gasteiger partial charge < -0.3 is 26.0 Å². The summed E-state index contributed by atoms with van der Waals surface area (Å²) in [6.07, 6.45) is 2.33. The van der Waals surface area contributed by atoms with Gasteiger partial charge in [0.2, 0.25) is 21.8 Å². The fourth-order valence-corrected chi connectivity index (χ4v) is 5.07. The van der Waals surface area contributed by atoms with Crippen LogP contribution >= 0.6 is 0 Å². The maximum Gasteiger partial charge on any atom is 0.241 e.